The first-order valence-corrected chi connectivity index (χ1v) is 5.24. The second kappa shape index (κ2) is 4.06. The maximum atomic E-state index is 11.5. The van der Waals surface area contributed by atoms with Gasteiger partial charge in [0.25, 0.3) is 0 Å². The van der Waals surface area contributed by atoms with Gasteiger partial charge in [0.2, 0.25) is 5.91 Å². The summed E-state index contributed by atoms with van der Waals surface area (Å²) in [5.74, 6) is 0.394. The van der Waals surface area contributed by atoms with Crippen LogP contribution < -0.4 is 11.1 Å². The summed E-state index contributed by atoms with van der Waals surface area (Å²) in [6, 6.07) is -0.253. The lowest BCUT2D eigenvalue weighted by molar-refractivity contribution is -0.123. The van der Waals surface area contributed by atoms with Crippen LogP contribution in [0.25, 0.3) is 0 Å². The smallest absolute Gasteiger partial charge is 0.228 e. The van der Waals surface area contributed by atoms with E-state index < -0.39 is 0 Å². The number of allylic oxidation sites excluding steroid dienone is 1. The van der Waals surface area contributed by atoms with Gasteiger partial charge in [-0.1, -0.05) is 6.08 Å². The zero-order valence-electron chi connectivity index (χ0n) is 8.77. The first-order valence-electron chi connectivity index (χ1n) is 5.24. The third-order valence-corrected chi connectivity index (χ3v) is 2.62. The fraction of sp³-hybridized carbons (Fsp3) is 0.545. The van der Waals surface area contributed by atoms with Crippen LogP contribution in [0.1, 0.15) is 12.8 Å². The zero-order chi connectivity index (χ0) is 10.8. The fourth-order valence-corrected chi connectivity index (χ4v) is 1.54. The van der Waals surface area contributed by atoms with Crippen molar-refractivity contribution in [1.82, 2.24) is 5.32 Å². The normalized spacial score (nSPS) is 29.6. The first-order chi connectivity index (χ1) is 7.20. The number of carbonyl (C=O) groups excluding carboxylic acids is 1. The molecule has 2 aliphatic rings. The second-order valence-electron chi connectivity index (χ2n) is 3.96. The summed E-state index contributed by atoms with van der Waals surface area (Å²) in [5.41, 5.74) is 5.82. The molecular formula is C11H16N2O2. The molecule has 4 heteroatoms. The van der Waals surface area contributed by atoms with Crippen LogP contribution in [-0.4, -0.2) is 25.1 Å². The fourth-order valence-electron chi connectivity index (χ4n) is 1.54. The number of rotatable bonds is 3. The molecule has 0 aromatic heterocycles. The molecule has 0 aliphatic heterocycles. The molecule has 2 rings (SSSR count). The van der Waals surface area contributed by atoms with Crippen LogP contribution in [0.4, 0.5) is 0 Å². The van der Waals surface area contributed by atoms with E-state index in [-0.39, 0.29) is 17.9 Å². The third kappa shape index (κ3) is 2.39. The van der Waals surface area contributed by atoms with E-state index in [0.29, 0.717) is 6.10 Å². The summed E-state index contributed by atoms with van der Waals surface area (Å²) in [7, 11) is 1.61. The molecule has 0 aromatic carbocycles. The van der Waals surface area contributed by atoms with E-state index in [4.69, 9.17) is 10.5 Å². The van der Waals surface area contributed by atoms with Crippen LogP contribution in [-0.2, 0) is 9.53 Å². The Kier molecular flexibility index (Phi) is 2.77. The van der Waals surface area contributed by atoms with Gasteiger partial charge in [0.05, 0.1) is 12.0 Å². The molecular weight excluding hydrogens is 192 g/mol. The van der Waals surface area contributed by atoms with E-state index >= 15 is 0 Å². The molecule has 2 unspecified atom stereocenters. The van der Waals surface area contributed by atoms with Crippen LogP contribution in [0.15, 0.2) is 24.0 Å². The molecule has 1 fully saturated rings. The molecule has 15 heavy (non-hydrogen) atoms. The van der Waals surface area contributed by atoms with Gasteiger partial charge in [-0.3, -0.25) is 4.79 Å². The maximum Gasteiger partial charge on any atom is 0.228 e. The Bertz CT molecular complexity index is 319. The second-order valence-corrected chi connectivity index (χ2v) is 3.96. The number of nitrogens with one attached hydrogen (secondary N) is 1. The number of amides is 1. The van der Waals surface area contributed by atoms with Gasteiger partial charge in [0.15, 0.2) is 0 Å². The molecule has 1 amide bonds. The monoisotopic (exact) mass is 208 g/mol. The van der Waals surface area contributed by atoms with Gasteiger partial charge < -0.3 is 15.8 Å². The van der Waals surface area contributed by atoms with E-state index in [9.17, 15) is 4.79 Å². The minimum absolute atomic E-state index is 0.0660. The molecule has 0 radical (unpaired) electrons. The molecule has 0 heterocycles. The Hall–Kier alpha value is -1.29. The van der Waals surface area contributed by atoms with E-state index in [0.717, 1.165) is 18.6 Å². The van der Waals surface area contributed by atoms with Crippen molar-refractivity contribution < 1.29 is 9.53 Å². The molecule has 4 nitrogen and oxygen atoms in total. The summed E-state index contributed by atoms with van der Waals surface area (Å²) < 4.78 is 5.61. The van der Waals surface area contributed by atoms with E-state index in [1.165, 1.54) is 0 Å². The van der Waals surface area contributed by atoms with Crippen LogP contribution >= 0.6 is 0 Å². The van der Waals surface area contributed by atoms with Gasteiger partial charge in [0, 0.05) is 13.1 Å². The largest absolute Gasteiger partial charge is 0.491 e. The summed E-state index contributed by atoms with van der Waals surface area (Å²) >= 11 is 0. The van der Waals surface area contributed by atoms with Gasteiger partial charge >= 0.3 is 0 Å². The highest BCUT2D eigenvalue weighted by atomic mass is 16.5. The summed E-state index contributed by atoms with van der Waals surface area (Å²) in [5, 5.41) is 2.60. The topological polar surface area (TPSA) is 64.3 Å². The Balaban J connectivity index is 2.05. The van der Waals surface area contributed by atoms with E-state index in [2.05, 4.69) is 5.32 Å². The number of hydrogen-bond donors (Lipinski definition) is 2. The highest BCUT2D eigenvalue weighted by Crippen LogP contribution is 2.28. The lowest BCUT2D eigenvalue weighted by atomic mass is 9.94. The average Bonchev–Trinajstić information content (AvgIpc) is 3.04. The lowest BCUT2D eigenvalue weighted by Crippen LogP contribution is -2.39. The Labute approximate surface area is 89.2 Å². The molecule has 2 atom stereocenters. The standard InChI is InChI=1S/C11H16N2O2/c1-13-11(14)9-6-8(4-5-10(9)12)15-7-2-3-7/h4-7,9-10H,2-3,12H2,1H3,(H,13,14). The SMILES string of the molecule is CNC(=O)C1C=C(OC2CC2)C=CC1N. The Morgan fingerprint density at radius 1 is 1.60 bits per heavy atom. The summed E-state index contributed by atoms with van der Waals surface area (Å²) in [4.78, 5) is 11.5. The highest BCUT2D eigenvalue weighted by molar-refractivity contribution is 5.81. The molecule has 1 saturated carbocycles. The molecule has 0 aromatic rings. The van der Waals surface area contributed by atoms with Crippen LogP contribution in [0.2, 0.25) is 0 Å². The van der Waals surface area contributed by atoms with Crippen molar-refractivity contribution in [3.63, 3.8) is 0 Å². The van der Waals surface area contributed by atoms with E-state index in [1.54, 1.807) is 7.05 Å². The van der Waals surface area contributed by atoms with Crippen molar-refractivity contribution in [1.29, 1.82) is 0 Å². The van der Waals surface area contributed by atoms with Gasteiger partial charge in [0.1, 0.15) is 5.76 Å². The van der Waals surface area contributed by atoms with Crippen molar-refractivity contribution in [3.05, 3.63) is 24.0 Å². The summed E-state index contributed by atoms with van der Waals surface area (Å²) in [6.45, 7) is 0. The molecule has 3 N–H and O–H groups in total. The van der Waals surface area contributed by atoms with Crippen molar-refractivity contribution in [3.8, 4) is 0 Å². The van der Waals surface area contributed by atoms with Crippen LogP contribution in [0, 0.1) is 5.92 Å². The lowest BCUT2D eigenvalue weighted by Gasteiger charge is -2.21. The van der Waals surface area contributed by atoms with Crippen LogP contribution in [0.3, 0.4) is 0 Å². The predicted octanol–water partition coefficient (Wildman–Crippen LogP) is 0.309. The number of hydrogen-bond acceptors (Lipinski definition) is 3. The van der Waals surface area contributed by atoms with Crippen molar-refractivity contribution in [2.75, 3.05) is 7.05 Å². The maximum absolute atomic E-state index is 11.5. The average molecular weight is 208 g/mol. The molecule has 0 bridgehead atoms. The number of ether oxygens (including phenoxy) is 1. The predicted molar refractivity (Wildman–Crippen MR) is 56.9 cm³/mol. The van der Waals surface area contributed by atoms with E-state index in [1.807, 2.05) is 18.2 Å². The molecule has 0 spiro atoms. The minimum atomic E-state index is -0.311. The van der Waals surface area contributed by atoms with Gasteiger partial charge in [-0.15, -0.1) is 0 Å². The van der Waals surface area contributed by atoms with Crippen molar-refractivity contribution in [2.24, 2.45) is 11.7 Å². The quantitative estimate of drug-likeness (QED) is 0.701. The Morgan fingerprint density at radius 2 is 2.33 bits per heavy atom. The van der Waals surface area contributed by atoms with Crippen molar-refractivity contribution >= 4 is 5.91 Å². The Morgan fingerprint density at radius 3 is 2.93 bits per heavy atom. The highest BCUT2D eigenvalue weighted by Gasteiger charge is 2.28. The van der Waals surface area contributed by atoms with Gasteiger partial charge in [-0.25, -0.2) is 0 Å². The number of nitrogens with two attached hydrogens (primary N) is 1. The van der Waals surface area contributed by atoms with Gasteiger partial charge in [-0.05, 0) is 25.0 Å². The number of carbonyl (C=O) groups is 1. The zero-order valence-corrected chi connectivity index (χ0v) is 8.77. The molecule has 0 saturated heterocycles. The molecule has 82 valence electrons. The summed E-state index contributed by atoms with van der Waals surface area (Å²) in [6.07, 6.45) is 8.05. The molecule has 2 aliphatic carbocycles. The first kappa shape index (κ1) is 10.2. The third-order valence-electron chi connectivity index (χ3n) is 2.62. The van der Waals surface area contributed by atoms with Crippen LogP contribution in [0.5, 0.6) is 0 Å². The van der Waals surface area contributed by atoms with Crippen molar-refractivity contribution in [2.45, 2.75) is 25.0 Å². The van der Waals surface area contributed by atoms with Gasteiger partial charge in [-0.2, -0.15) is 0 Å². The minimum Gasteiger partial charge on any atom is -0.491 e.